The fraction of sp³-hybridized carbons (Fsp3) is 0.556. The van der Waals surface area contributed by atoms with E-state index in [0.29, 0.717) is 18.4 Å². The van der Waals surface area contributed by atoms with E-state index in [4.69, 9.17) is 4.74 Å². The van der Waals surface area contributed by atoms with Gasteiger partial charge in [0.2, 0.25) is 11.9 Å². The Hall–Kier alpha value is -2.12. The third-order valence-corrected chi connectivity index (χ3v) is 1.86. The average molecular weight is 241 g/mol. The van der Waals surface area contributed by atoms with Crippen molar-refractivity contribution in [2.75, 3.05) is 38.4 Å². The molecule has 0 aliphatic rings. The number of hydrogen-bond donors (Lipinski definition) is 2. The van der Waals surface area contributed by atoms with E-state index in [9.17, 15) is 4.79 Å². The van der Waals surface area contributed by atoms with Gasteiger partial charge in [-0.25, -0.2) is 0 Å². The lowest BCUT2D eigenvalue weighted by atomic mass is 10.4. The van der Waals surface area contributed by atoms with Gasteiger partial charge in [0.15, 0.2) is 0 Å². The monoisotopic (exact) mass is 241 g/mol. The predicted molar refractivity (Wildman–Crippen MR) is 61.0 cm³/mol. The highest BCUT2D eigenvalue weighted by atomic mass is 16.5. The van der Waals surface area contributed by atoms with Gasteiger partial charge in [-0.15, -0.1) is 0 Å². The van der Waals surface area contributed by atoms with Crippen LogP contribution in [0.4, 0.5) is 11.9 Å². The number of esters is 1. The van der Waals surface area contributed by atoms with Crippen LogP contribution in [-0.2, 0) is 9.53 Å². The second-order valence-corrected chi connectivity index (χ2v) is 2.97. The third kappa shape index (κ3) is 4.09. The summed E-state index contributed by atoms with van der Waals surface area (Å²) in [7, 11) is 4.49. The van der Waals surface area contributed by atoms with Crippen LogP contribution in [0.1, 0.15) is 6.42 Å². The summed E-state index contributed by atoms with van der Waals surface area (Å²) in [5.41, 5.74) is 0. The minimum absolute atomic E-state index is 0.199. The first-order valence-electron chi connectivity index (χ1n) is 4.98. The van der Waals surface area contributed by atoms with Crippen LogP contribution >= 0.6 is 0 Å². The molecule has 0 fully saturated rings. The first-order chi connectivity index (χ1) is 8.19. The Morgan fingerprint density at radius 2 is 1.94 bits per heavy atom. The smallest absolute Gasteiger partial charge is 0.322 e. The fourth-order valence-electron chi connectivity index (χ4n) is 1.02. The van der Waals surface area contributed by atoms with Crippen molar-refractivity contribution in [1.82, 2.24) is 15.0 Å². The molecule has 0 unspecified atom stereocenters. The van der Waals surface area contributed by atoms with E-state index in [0.717, 1.165) is 0 Å². The largest absolute Gasteiger partial charge is 0.469 e. The minimum Gasteiger partial charge on any atom is -0.469 e. The number of carbonyl (C=O) groups excluding carboxylic acids is 1. The molecule has 1 aromatic rings. The van der Waals surface area contributed by atoms with Gasteiger partial charge in [-0.2, -0.15) is 15.0 Å². The molecule has 0 aliphatic heterocycles. The summed E-state index contributed by atoms with van der Waals surface area (Å²) in [4.78, 5) is 22.9. The van der Waals surface area contributed by atoms with Gasteiger partial charge in [-0.05, 0) is 0 Å². The zero-order valence-electron chi connectivity index (χ0n) is 9.98. The maximum absolute atomic E-state index is 10.9. The van der Waals surface area contributed by atoms with Crippen LogP contribution in [0.5, 0.6) is 6.01 Å². The Morgan fingerprint density at radius 3 is 2.53 bits per heavy atom. The molecule has 8 heteroatoms. The summed E-state index contributed by atoms with van der Waals surface area (Å²) in [5, 5.41) is 5.65. The van der Waals surface area contributed by atoms with Crippen molar-refractivity contribution >= 4 is 17.9 Å². The van der Waals surface area contributed by atoms with E-state index < -0.39 is 0 Å². The van der Waals surface area contributed by atoms with Crippen LogP contribution in [-0.4, -0.2) is 48.7 Å². The number of aromatic nitrogens is 3. The molecule has 8 nitrogen and oxygen atoms in total. The van der Waals surface area contributed by atoms with E-state index in [1.165, 1.54) is 14.2 Å². The van der Waals surface area contributed by atoms with Crippen LogP contribution in [0.25, 0.3) is 0 Å². The Morgan fingerprint density at radius 1 is 1.24 bits per heavy atom. The number of carbonyl (C=O) groups is 1. The van der Waals surface area contributed by atoms with Crippen LogP contribution < -0.4 is 15.4 Å². The second kappa shape index (κ2) is 6.46. The molecule has 17 heavy (non-hydrogen) atoms. The molecule has 0 aliphatic carbocycles. The first-order valence-corrected chi connectivity index (χ1v) is 4.98. The molecule has 0 bridgehead atoms. The van der Waals surface area contributed by atoms with Crippen molar-refractivity contribution in [3.8, 4) is 6.01 Å². The van der Waals surface area contributed by atoms with Crippen LogP contribution in [0.15, 0.2) is 0 Å². The summed E-state index contributed by atoms with van der Waals surface area (Å²) >= 11 is 0. The van der Waals surface area contributed by atoms with Crippen molar-refractivity contribution in [2.24, 2.45) is 0 Å². The number of rotatable bonds is 6. The summed E-state index contributed by atoms with van der Waals surface area (Å²) in [6, 6.07) is 0.199. The summed E-state index contributed by atoms with van der Waals surface area (Å²) in [6.45, 7) is 0.378. The van der Waals surface area contributed by atoms with E-state index in [1.807, 2.05) is 0 Å². The molecule has 1 rings (SSSR count). The molecule has 94 valence electrons. The maximum atomic E-state index is 10.9. The standard InChI is InChI=1S/C9H15N5O3/c1-10-7-12-8(14-9(13-7)17-3)11-5-4-6(15)16-2/h4-5H2,1-3H3,(H2,10,11,12,13,14). The summed E-state index contributed by atoms with van der Waals surface area (Å²) in [6.07, 6.45) is 0.236. The lowest BCUT2D eigenvalue weighted by Crippen LogP contribution is -2.13. The number of methoxy groups -OCH3 is 2. The lowest BCUT2D eigenvalue weighted by molar-refractivity contribution is -0.140. The Balaban J connectivity index is 2.60. The average Bonchev–Trinajstić information content (AvgIpc) is 2.37. The van der Waals surface area contributed by atoms with Gasteiger partial charge in [0.05, 0.1) is 20.6 Å². The van der Waals surface area contributed by atoms with Gasteiger partial charge < -0.3 is 20.1 Å². The van der Waals surface area contributed by atoms with E-state index in [1.54, 1.807) is 7.05 Å². The predicted octanol–water partition coefficient (Wildman–Crippen LogP) is -0.103. The Labute approximate surface area is 98.8 Å². The molecule has 0 saturated heterocycles. The van der Waals surface area contributed by atoms with Gasteiger partial charge in [-0.3, -0.25) is 4.79 Å². The van der Waals surface area contributed by atoms with Crippen molar-refractivity contribution in [3.05, 3.63) is 0 Å². The molecule has 0 radical (unpaired) electrons. The topological polar surface area (TPSA) is 98.3 Å². The van der Waals surface area contributed by atoms with Gasteiger partial charge in [-0.1, -0.05) is 0 Å². The molecular formula is C9H15N5O3. The molecule has 1 aromatic heterocycles. The second-order valence-electron chi connectivity index (χ2n) is 2.97. The van der Waals surface area contributed by atoms with Crippen LogP contribution in [0.2, 0.25) is 0 Å². The summed E-state index contributed by atoms with van der Waals surface area (Å²) in [5.74, 6) is 0.426. The van der Waals surface area contributed by atoms with Crippen LogP contribution in [0.3, 0.4) is 0 Å². The zero-order valence-corrected chi connectivity index (χ0v) is 9.98. The van der Waals surface area contributed by atoms with Gasteiger partial charge in [0.25, 0.3) is 0 Å². The SMILES string of the molecule is CNc1nc(NCCC(=O)OC)nc(OC)n1. The highest BCUT2D eigenvalue weighted by Crippen LogP contribution is 2.09. The highest BCUT2D eigenvalue weighted by molar-refractivity contribution is 5.69. The van der Waals surface area contributed by atoms with Crippen LogP contribution in [0, 0.1) is 0 Å². The van der Waals surface area contributed by atoms with E-state index in [-0.39, 0.29) is 18.4 Å². The quantitative estimate of drug-likeness (QED) is 0.666. The molecule has 0 saturated carbocycles. The van der Waals surface area contributed by atoms with Gasteiger partial charge in [0.1, 0.15) is 0 Å². The third-order valence-electron chi connectivity index (χ3n) is 1.86. The summed E-state index contributed by atoms with van der Waals surface area (Å²) < 4.78 is 9.42. The van der Waals surface area contributed by atoms with Crippen molar-refractivity contribution < 1.29 is 14.3 Å². The minimum atomic E-state index is -0.299. The Bertz CT molecular complexity index is 363. The molecule has 0 aromatic carbocycles. The normalized spacial score (nSPS) is 9.59. The lowest BCUT2D eigenvalue weighted by Gasteiger charge is -2.07. The number of hydrogen-bond acceptors (Lipinski definition) is 8. The Kier molecular flexibility index (Phi) is 4.92. The first kappa shape index (κ1) is 12.9. The van der Waals surface area contributed by atoms with Gasteiger partial charge in [0, 0.05) is 13.6 Å². The van der Waals surface area contributed by atoms with Crippen molar-refractivity contribution in [3.63, 3.8) is 0 Å². The highest BCUT2D eigenvalue weighted by Gasteiger charge is 2.06. The van der Waals surface area contributed by atoms with E-state index in [2.05, 4.69) is 30.3 Å². The zero-order chi connectivity index (χ0) is 12.7. The van der Waals surface area contributed by atoms with Gasteiger partial charge >= 0.3 is 12.0 Å². The molecule has 1 heterocycles. The number of anilines is 2. The number of ether oxygens (including phenoxy) is 2. The molecule has 0 spiro atoms. The molecular weight excluding hydrogens is 226 g/mol. The molecule has 0 amide bonds. The van der Waals surface area contributed by atoms with Crippen molar-refractivity contribution in [2.45, 2.75) is 6.42 Å². The molecule has 2 N–H and O–H groups in total. The maximum Gasteiger partial charge on any atom is 0.322 e. The van der Waals surface area contributed by atoms with E-state index >= 15 is 0 Å². The molecule has 0 atom stereocenters. The van der Waals surface area contributed by atoms with Crippen molar-refractivity contribution in [1.29, 1.82) is 0 Å². The fourth-order valence-corrected chi connectivity index (χ4v) is 1.02. The number of nitrogens with one attached hydrogen (secondary N) is 2. The number of nitrogens with zero attached hydrogens (tertiary/aromatic N) is 3.